The molecule has 0 bridgehead atoms. The molecule has 0 heterocycles. The number of hydrogen-bond acceptors (Lipinski definition) is 0. The lowest BCUT2D eigenvalue weighted by molar-refractivity contribution is -0.215. The summed E-state index contributed by atoms with van der Waals surface area (Å²) in [5, 5.41) is 0. The molecule has 0 aromatic rings. The molecule has 0 rings (SSSR count). The largest absolute Gasteiger partial charge is 0.286 e. The third-order valence-electron chi connectivity index (χ3n) is 2.63. The van der Waals surface area contributed by atoms with Crippen molar-refractivity contribution in [2.45, 2.75) is 46.2 Å². The molecule has 0 aliphatic carbocycles. The van der Waals surface area contributed by atoms with Gasteiger partial charge >= 0.3 is 0 Å². The highest BCUT2D eigenvalue weighted by atomic mass is 19.3. The summed E-state index contributed by atoms with van der Waals surface area (Å²) in [6.45, 7) is 4.56. The van der Waals surface area contributed by atoms with Crippen LogP contribution in [0.2, 0.25) is 0 Å². The van der Waals surface area contributed by atoms with Crippen molar-refractivity contribution in [1.82, 2.24) is 0 Å². The van der Waals surface area contributed by atoms with Gasteiger partial charge in [-0.2, -0.15) is 0 Å². The van der Waals surface area contributed by atoms with Gasteiger partial charge in [-0.05, 0) is 0 Å². The SMILES string of the molecule is CC(C)C(F)(F)C(F)(CF)C(C)(C)C. The van der Waals surface area contributed by atoms with Crippen LogP contribution in [-0.2, 0) is 0 Å². The van der Waals surface area contributed by atoms with Gasteiger partial charge in [0.15, 0.2) is 0 Å². The van der Waals surface area contributed by atoms with Crippen molar-refractivity contribution < 1.29 is 17.6 Å². The Hall–Kier alpha value is -0.280. The Bertz CT molecular complexity index is 193. The zero-order chi connectivity index (χ0) is 11.8. The Morgan fingerprint density at radius 1 is 1.00 bits per heavy atom. The van der Waals surface area contributed by atoms with Crippen LogP contribution in [0.3, 0.4) is 0 Å². The lowest BCUT2D eigenvalue weighted by Gasteiger charge is -2.42. The number of hydrogen-bond donors (Lipinski definition) is 0. The molecule has 1 atom stereocenters. The average molecular weight is 214 g/mol. The predicted octanol–water partition coefficient (Wildman–Crippen LogP) is 4.00. The number of alkyl halides is 4. The topological polar surface area (TPSA) is 0 Å². The van der Waals surface area contributed by atoms with Gasteiger partial charge in [0, 0.05) is 11.3 Å². The van der Waals surface area contributed by atoms with Gasteiger partial charge in [-0.1, -0.05) is 34.6 Å². The fourth-order valence-corrected chi connectivity index (χ4v) is 1.25. The molecule has 0 saturated carbocycles. The first kappa shape index (κ1) is 13.7. The first-order valence-corrected chi connectivity index (χ1v) is 4.63. The Labute approximate surface area is 82.7 Å². The maximum Gasteiger partial charge on any atom is 0.286 e. The molecule has 0 aromatic heterocycles. The van der Waals surface area contributed by atoms with Crippen molar-refractivity contribution in [3.8, 4) is 0 Å². The van der Waals surface area contributed by atoms with Gasteiger partial charge in [-0.25, -0.2) is 17.6 Å². The van der Waals surface area contributed by atoms with Gasteiger partial charge in [-0.15, -0.1) is 0 Å². The monoisotopic (exact) mass is 214 g/mol. The third-order valence-corrected chi connectivity index (χ3v) is 2.63. The molecule has 86 valence electrons. The third kappa shape index (κ3) is 1.89. The second-order valence-electron chi connectivity index (χ2n) is 4.96. The van der Waals surface area contributed by atoms with Crippen LogP contribution in [0.4, 0.5) is 17.6 Å². The first-order valence-electron chi connectivity index (χ1n) is 4.63. The van der Waals surface area contributed by atoms with Crippen LogP contribution >= 0.6 is 0 Å². The van der Waals surface area contributed by atoms with Crippen molar-refractivity contribution >= 4 is 0 Å². The van der Waals surface area contributed by atoms with E-state index >= 15 is 0 Å². The van der Waals surface area contributed by atoms with E-state index in [2.05, 4.69) is 0 Å². The summed E-state index contributed by atoms with van der Waals surface area (Å²) in [5.41, 5.74) is -4.52. The molecule has 1 unspecified atom stereocenters. The molecule has 0 N–H and O–H groups in total. The van der Waals surface area contributed by atoms with Gasteiger partial charge in [0.2, 0.25) is 5.67 Å². The molecule has 0 fully saturated rings. The average Bonchev–Trinajstić information content (AvgIpc) is 2.00. The van der Waals surface area contributed by atoms with Gasteiger partial charge < -0.3 is 0 Å². The van der Waals surface area contributed by atoms with Gasteiger partial charge in [0.1, 0.15) is 6.67 Å². The Morgan fingerprint density at radius 3 is 1.43 bits per heavy atom. The normalized spacial score (nSPS) is 18.4. The molecule has 0 aliphatic rings. The minimum Gasteiger partial charge on any atom is -0.247 e. The van der Waals surface area contributed by atoms with Crippen molar-refractivity contribution in [3.05, 3.63) is 0 Å². The number of halogens is 4. The highest BCUT2D eigenvalue weighted by Gasteiger charge is 2.62. The van der Waals surface area contributed by atoms with E-state index in [1.807, 2.05) is 0 Å². The zero-order valence-corrected chi connectivity index (χ0v) is 9.30. The summed E-state index contributed by atoms with van der Waals surface area (Å²) in [6, 6.07) is 0. The van der Waals surface area contributed by atoms with E-state index in [1.54, 1.807) is 0 Å². The first-order chi connectivity index (χ1) is 6.00. The van der Waals surface area contributed by atoms with Crippen molar-refractivity contribution in [2.24, 2.45) is 11.3 Å². The fraction of sp³-hybridized carbons (Fsp3) is 1.00. The Balaban J connectivity index is 5.25. The summed E-state index contributed by atoms with van der Waals surface area (Å²) in [5.74, 6) is -4.87. The van der Waals surface area contributed by atoms with Crippen LogP contribution in [0.5, 0.6) is 0 Å². The molecule has 0 nitrogen and oxygen atoms in total. The lowest BCUT2D eigenvalue weighted by atomic mass is 9.72. The van der Waals surface area contributed by atoms with E-state index in [0.29, 0.717) is 0 Å². The van der Waals surface area contributed by atoms with Crippen LogP contribution in [0.1, 0.15) is 34.6 Å². The highest BCUT2D eigenvalue weighted by Crippen LogP contribution is 2.49. The molecular weight excluding hydrogens is 196 g/mol. The molecular formula is C10H18F4. The summed E-state index contributed by atoms with van der Waals surface area (Å²) in [7, 11) is 0. The zero-order valence-electron chi connectivity index (χ0n) is 9.30. The predicted molar refractivity (Wildman–Crippen MR) is 49.1 cm³/mol. The molecule has 0 radical (unpaired) electrons. The molecule has 14 heavy (non-hydrogen) atoms. The highest BCUT2D eigenvalue weighted by molar-refractivity contribution is 5.03. The van der Waals surface area contributed by atoms with E-state index in [1.165, 1.54) is 34.6 Å². The molecule has 0 saturated heterocycles. The molecule has 0 spiro atoms. The van der Waals surface area contributed by atoms with Crippen LogP contribution < -0.4 is 0 Å². The van der Waals surface area contributed by atoms with Crippen molar-refractivity contribution in [1.29, 1.82) is 0 Å². The van der Waals surface area contributed by atoms with E-state index in [-0.39, 0.29) is 0 Å². The summed E-state index contributed by atoms with van der Waals surface area (Å²) >= 11 is 0. The van der Waals surface area contributed by atoms with Gasteiger partial charge in [-0.3, -0.25) is 0 Å². The molecule has 0 aromatic carbocycles. The maximum absolute atomic E-state index is 13.9. The minimum atomic E-state index is -3.65. The van der Waals surface area contributed by atoms with E-state index < -0.39 is 29.6 Å². The second kappa shape index (κ2) is 3.70. The van der Waals surface area contributed by atoms with E-state index in [4.69, 9.17) is 0 Å². The minimum absolute atomic E-state index is 1.19. The smallest absolute Gasteiger partial charge is 0.247 e. The number of rotatable bonds is 3. The summed E-state index contributed by atoms with van der Waals surface area (Å²) < 4.78 is 53.4. The van der Waals surface area contributed by atoms with E-state index in [9.17, 15) is 17.6 Å². The molecule has 0 aliphatic heterocycles. The standard InChI is InChI=1S/C10H18F4/c1-7(2)10(13,14)9(12,6-11)8(3,4)5/h7H,6H2,1-5H3. The quantitative estimate of drug-likeness (QED) is 0.623. The van der Waals surface area contributed by atoms with Gasteiger partial charge in [0.05, 0.1) is 0 Å². The molecule has 4 heteroatoms. The van der Waals surface area contributed by atoms with E-state index in [0.717, 1.165) is 0 Å². The maximum atomic E-state index is 13.9. The lowest BCUT2D eigenvalue weighted by Crippen LogP contribution is -2.57. The summed E-state index contributed by atoms with van der Waals surface area (Å²) in [6.07, 6.45) is 0. The van der Waals surface area contributed by atoms with Crippen LogP contribution in [0.15, 0.2) is 0 Å². The summed E-state index contributed by atoms with van der Waals surface area (Å²) in [4.78, 5) is 0. The second-order valence-corrected chi connectivity index (χ2v) is 4.96. The van der Waals surface area contributed by atoms with Crippen LogP contribution in [0.25, 0.3) is 0 Å². The Kier molecular flexibility index (Phi) is 3.63. The fourth-order valence-electron chi connectivity index (χ4n) is 1.25. The van der Waals surface area contributed by atoms with Gasteiger partial charge in [0.25, 0.3) is 5.92 Å². The van der Waals surface area contributed by atoms with Crippen LogP contribution in [0, 0.1) is 11.3 Å². The van der Waals surface area contributed by atoms with Crippen molar-refractivity contribution in [3.63, 3.8) is 0 Å². The molecule has 0 amide bonds. The van der Waals surface area contributed by atoms with Crippen LogP contribution in [-0.4, -0.2) is 18.3 Å². The Morgan fingerprint density at radius 2 is 1.36 bits per heavy atom. The van der Waals surface area contributed by atoms with Crippen molar-refractivity contribution in [2.75, 3.05) is 6.67 Å².